The summed E-state index contributed by atoms with van der Waals surface area (Å²) < 4.78 is 5.27. The SMILES string of the molecule is CCCNC(CN1CCCCCC1)c1ccc(OC)cc1. The first-order chi connectivity index (χ1) is 10.3. The molecule has 1 aromatic rings. The van der Waals surface area contributed by atoms with E-state index >= 15 is 0 Å². The Morgan fingerprint density at radius 1 is 1.10 bits per heavy atom. The van der Waals surface area contributed by atoms with Crippen molar-refractivity contribution in [1.82, 2.24) is 10.2 Å². The van der Waals surface area contributed by atoms with Gasteiger partial charge in [-0.2, -0.15) is 0 Å². The maximum absolute atomic E-state index is 5.27. The maximum Gasteiger partial charge on any atom is 0.118 e. The van der Waals surface area contributed by atoms with E-state index in [1.54, 1.807) is 7.11 Å². The quantitative estimate of drug-likeness (QED) is 0.830. The average molecular weight is 290 g/mol. The van der Waals surface area contributed by atoms with E-state index < -0.39 is 0 Å². The van der Waals surface area contributed by atoms with Gasteiger partial charge in [0, 0.05) is 12.6 Å². The summed E-state index contributed by atoms with van der Waals surface area (Å²) in [7, 11) is 1.72. The van der Waals surface area contributed by atoms with Crippen LogP contribution < -0.4 is 10.1 Å². The summed E-state index contributed by atoms with van der Waals surface area (Å²) in [6, 6.07) is 8.96. The third-order valence-electron chi connectivity index (χ3n) is 4.30. The summed E-state index contributed by atoms with van der Waals surface area (Å²) in [6.45, 7) is 6.92. The highest BCUT2D eigenvalue weighted by Crippen LogP contribution is 2.20. The number of likely N-dealkylation sites (tertiary alicyclic amines) is 1. The minimum atomic E-state index is 0.425. The standard InChI is InChI=1S/C18H30N2O/c1-3-12-19-18(15-20-13-6-4-5-7-14-20)16-8-10-17(21-2)11-9-16/h8-11,18-19H,3-7,12-15H2,1-2H3. The van der Waals surface area contributed by atoms with Gasteiger partial charge in [0.2, 0.25) is 0 Å². The van der Waals surface area contributed by atoms with Crippen LogP contribution in [-0.4, -0.2) is 38.2 Å². The molecular weight excluding hydrogens is 260 g/mol. The summed E-state index contributed by atoms with van der Waals surface area (Å²) in [5.41, 5.74) is 1.37. The Morgan fingerprint density at radius 3 is 2.33 bits per heavy atom. The van der Waals surface area contributed by atoms with Gasteiger partial charge < -0.3 is 15.0 Å². The summed E-state index contributed by atoms with van der Waals surface area (Å²) in [4.78, 5) is 2.63. The van der Waals surface area contributed by atoms with Crippen molar-refractivity contribution in [3.8, 4) is 5.75 Å². The van der Waals surface area contributed by atoms with Gasteiger partial charge in [-0.05, 0) is 56.6 Å². The topological polar surface area (TPSA) is 24.5 Å². The van der Waals surface area contributed by atoms with Crippen molar-refractivity contribution < 1.29 is 4.74 Å². The van der Waals surface area contributed by atoms with Gasteiger partial charge in [0.05, 0.1) is 7.11 Å². The zero-order valence-electron chi connectivity index (χ0n) is 13.6. The van der Waals surface area contributed by atoms with Crippen LogP contribution in [0.2, 0.25) is 0 Å². The number of methoxy groups -OCH3 is 1. The van der Waals surface area contributed by atoms with Gasteiger partial charge in [0.25, 0.3) is 0 Å². The molecule has 1 aliphatic heterocycles. The second-order valence-electron chi connectivity index (χ2n) is 5.99. The first kappa shape index (κ1) is 16.3. The van der Waals surface area contributed by atoms with E-state index in [2.05, 4.69) is 41.4 Å². The molecular formula is C18H30N2O. The van der Waals surface area contributed by atoms with Crippen LogP contribution >= 0.6 is 0 Å². The molecule has 3 nitrogen and oxygen atoms in total. The Bertz CT molecular complexity index is 383. The van der Waals surface area contributed by atoms with Crippen molar-refractivity contribution >= 4 is 0 Å². The van der Waals surface area contributed by atoms with Gasteiger partial charge in [-0.1, -0.05) is 31.9 Å². The monoisotopic (exact) mass is 290 g/mol. The lowest BCUT2D eigenvalue weighted by atomic mass is 10.1. The molecule has 0 amide bonds. The predicted octanol–water partition coefficient (Wildman–Crippen LogP) is 3.61. The van der Waals surface area contributed by atoms with Crippen molar-refractivity contribution in [3.63, 3.8) is 0 Å². The van der Waals surface area contributed by atoms with Crippen LogP contribution in [0.15, 0.2) is 24.3 Å². The number of hydrogen-bond donors (Lipinski definition) is 1. The molecule has 1 heterocycles. The molecule has 1 fully saturated rings. The first-order valence-corrected chi connectivity index (χ1v) is 8.43. The molecule has 0 saturated carbocycles. The molecule has 1 N–H and O–H groups in total. The molecule has 1 unspecified atom stereocenters. The molecule has 1 atom stereocenters. The number of ether oxygens (including phenoxy) is 1. The van der Waals surface area contributed by atoms with Gasteiger partial charge in [-0.25, -0.2) is 0 Å². The van der Waals surface area contributed by atoms with E-state index in [1.165, 1.54) is 50.8 Å². The molecule has 1 aliphatic rings. The summed E-state index contributed by atoms with van der Waals surface area (Å²) in [6.07, 6.45) is 6.66. The van der Waals surface area contributed by atoms with E-state index in [0.29, 0.717) is 6.04 Å². The number of nitrogens with zero attached hydrogens (tertiary/aromatic N) is 1. The number of benzene rings is 1. The lowest BCUT2D eigenvalue weighted by Crippen LogP contribution is -2.36. The summed E-state index contributed by atoms with van der Waals surface area (Å²) in [5, 5.41) is 3.71. The van der Waals surface area contributed by atoms with Gasteiger partial charge in [0.1, 0.15) is 5.75 Å². The Kier molecular flexibility index (Phi) is 7.04. The van der Waals surface area contributed by atoms with Gasteiger partial charge in [-0.15, -0.1) is 0 Å². The van der Waals surface area contributed by atoms with E-state index in [1.807, 2.05) is 0 Å². The second kappa shape index (κ2) is 9.06. The van der Waals surface area contributed by atoms with Crippen molar-refractivity contribution in [2.24, 2.45) is 0 Å². The summed E-state index contributed by atoms with van der Waals surface area (Å²) >= 11 is 0. The largest absolute Gasteiger partial charge is 0.497 e. The normalized spacial score (nSPS) is 18.2. The van der Waals surface area contributed by atoms with Crippen LogP contribution in [0.4, 0.5) is 0 Å². The molecule has 0 spiro atoms. The van der Waals surface area contributed by atoms with Crippen LogP contribution in [0.5, 0.6) is 5.75 Å². The molecule has 1 saturated heterocycles. The zero-order chi connectivity index (χ0) is 14.9. The molecule has 21 heavy (non-hydrogen) atoms. The first-order valence-electron chi connectivity index (χ1n) is 8.43. The molecule has 0 aromatic heterocycles. The van der Waals surface area contributed by atoms with Crippen molar-refractivity contribution in [3.05, 3.63) is 29.8 Å². The van der Waals surface area contributed by atoms with Crippen molar-refractivity contribution in [2.75, 3.05) is 33.3 Å². The number of rotatable bonds is 7. The van der Waals surface area contributed by atoms with Crippen LogP contribution in [0.25, 0.3) is 0 Å². The predicted molar refractivity (Wildman–Crippen MR) is 88.9 cm³/mol. The lowest BCUT2D eigenvalue weighted by molar-refractivity contribution is 0.251. The molecule has 1 aromatic carbocycles. The van der Waals surface area contributed by atoms with Gasteiger partial charge in [-0.3, -0.25) is 0 Å². The van der Waals surface area contributed by atoms with Crippen LogP contribution in [-0.2, 0) is 0 Å². The summed E-state index contributed by atoms with van der Waals surface area (Å²) in [5.74, 6) is 0.933. The maximum atomic E-state index is 5.27. The molecule has 2 rings (SSSR count). The van der Waals surface area contributed by atoms with E-state index in [4.69, 9.17) is 4.74 Å². The molecule has 3 heteroatoms. The Hall–Kier alpha value is -1.06. The van der Waals surface area contributed by atoms with Crippen molar-refractivity contribution in [2.45, 2.75) is 45.1 Å². The average Bonchev–Trinajstić information content (AvgIpc) is 2.80. The third-order valence-corrected chi connectivity index (χ3v) is 4.30. The van der Waals surface area contributed by atoms with Crippen molar-refractivity contribution in [1.29, 1.82) is 0 Å². The third kappa shape index (κ3) is 5.33. The number of hydrogen-bond acceptors (Lipinski definition) is 3. The minimum Gasteiger partial charge on any atom is -0.497 e. The van der Waals surface area contributed by atoms with E-state index in [-0.39, 0.29) is 0 Å². The molecule has 118 valence electrons. The Balaban J connectivity index is 2.01. The smallest absolute Gasteiger partial charge is 0.118 e. The highest BCUT2D eigenvalue weighted by atomic mass is 16.5. The van der Waals surface area contributed by atoms with Crippen LogP contribution in [0, 0.1) is 0 Å². The zero-order valence-corrected chi connectivity index (χ0v) is 13.6. The van der Waals surface area contributed by atoms with E-state index in [0.717, 1.165) is 18.8 Å². The fraction of sp³-hybridized carbons (Fsp3) is 0.667. The van der Waals surface area contributed by atoms with E-state index in [9.17, 15) is 0 Å². The Morgan fingerprint density at radius 2 is 1.76 bits per heavy atom. The molecule has 0 bridgehead atoms. The van der Waals surface area contributed by atoms with Gasteiger partial charge in [0.15, 0.2) is 0 Å². The fourth-order valence-electron chi connectivity index (χ4n) is 3.02. The highest BCUT2D eigenvalue weighted by molar-refractivity contribution is 5.29. The highest BCUT2D eigenvalue weighted by Gasteiger charge is 2.16. The molecule has 0 radical (unpaired) electrons. The lowest BCUT2D eigenvalue weighted by Gasteiger charge is -2.27. The number of nitrogens with one attached hydrogen (secondary N) is 1. The molecule has 0 aliphatic carbocycles. The van der Waals surface area contributed by atoms with Crippen LogP contribution in [0.3, 0.4) is 0 Å². The minimum absolute atomic E-state index is 0.425. The second-order valence-corrected chi connectivity index (χ2v) is 5.99. The Labute approximate surface area is 129 Å². The van der Waals surface area contributed by atoms with Gasteiger partial charge >= 0.3 is 0 Å². The van der Waals surface area contributed by atoms with Crippen LogP contribution in [0.1, 0.15) is 50.6 Å². The fourth-order valence-corrected chi connectivity index (χ4v) is 3.02.